The van der Waals surface area contributed by atoms with Crippen LogP contribution in [0.2, 0.25) is 0 Å². The highest BCUT2D eigenvalue weighted by atomic mass is 32.2. The van der Waals surface area contributed by atoms with Crippen molar-refractivity contribution < 1.29 is 32.3 Å². The van der Waals surface area contributed by atoms with Crippen molar-refractivity contribution in [2.75, 3.05) is 6.54 Å². The number of sulfonamides is 1. The molecule has 312 valence electrons. The van der Waals surface area contributed by atoms with Gasteiger partial charge in [0.05, 0.1) is 44.3 Å². The SMILES string of the molecule is Cc1nn(C)cc1C(=O)N[C@H]1CCCCC/C=C\[C@@H]2C[C@@]2(C(=O)NS(=O)(=O)C2CC2)NC(=O)[C@@H]2C[C@@H](Oc3nc4ccccc4nc3-c3nc4ccccc4s3)CN2C1=O. The number of carbonyl (C=O) groups excluding carboxylic acids is 4. The van der Waals surface area contributed by atoms with E-state index in [9.17, 15) is 27.6 Å². The largest absolute Gasteiger partial charge is 0.471 e. The second-order valence-electron chi connectivity index (χ2n) is 16.2. The van der Waals surface area contributed by atoms with E-state index >= 15 is 0 Å². The molecule has 0 spiro atoms. The molecule has 5 aromatic rings. The highest BCUT2D eigenvalue weighted by Gasteiger charge is 2.62. The molecule has 1 saturated heterocycles. The monoisotopic (exact) mass is 851 g/mol. The van der Waals surface area contributed by atoms with Crippen LogP contribution in [0.5, 0.6) is 5.88 Å². The Hall–Kier alpha value is -5.75. The first kappa shape index (κ1) is 39.7. The molecule has 2 aromatic carbocycles. The molecule has 4 aliphatic rings. The Morgan fingerprint density at radius 3 is 2.45 bits per heavy atom. The predicted molar refractivity (Wildman–Crippen MR) is 223 cm³/mol. The van der Waals surface area contributed by atoms with Crippen LogP contribution in [0.25, 0.3) is 32.0 Å². The van der Waals surface area contributed by atoms with Crippen molar-refractivity contribution in [3.63, 3.8) is 0 Å². The van der Waals surface area contributed by atoms with Gasteiger partial charge >= 0.3 is 0 Å². The molecule has 60 heavy (non-hydrogen) atoms. The number of aromatic nitrogens is 5. The number of aryl methyl sites for hydroxylation is 2. The zero-order valence-corrected chi connectivity index (χ0v) is 34.8. The summed E-state index contributed by atoms with van der Waals surface area (Å²) in [5.74, 6) is -2.65. The molecule has 4 amide bonds. The average Bonchev–Trinajstić information content (AvgIpc) is 4.07. The fraction of sp³-hybridized carbons (Fsp3) is 0.429. The van der Waals surface area contributed by atoms with Crippen LogP contribution in [0.4, 0.5) is 0 Å². The number of allylic oxidation sites excluding steroid dienone is 1. The first-order valence-corrected chi connectivity index (χ1v) is 22.7. The van der Waals surface area contributed by atoms with Gasteiger partial charge in [-0.15, -0.1) is 11.3 Å². The number of thiazole rings is 1. The Balaban J connectivity index is 1.06. The van der Waals surface area contributed by atoms with Gasteiger partial charge < -0.3 is 20.3 Å². The molecule has 18 heteroatoms. The molecule has 2 aliphatic carbocycles. The van der Waals surface area contributed by atoms with Gasteiger partial charge in [0.1, 0.15) is 28.7 Å². The fourth-order valence-corrected chi connectivity index (χ4v) is 10.6. The van der Waals surface area contributed by atoms with Gasteiger partial charge in [-0.3, -0.25) is 28.6 Å². The Bertz CT molecular complexity index is 2640. The number of ether oxygens (including phenoxy) is 1. The van der Waals surface area contributed by atoms with Crippen molar-refractivity contribution >= 4 is 66.2 Å². The molecule has 5 heterocycles. The number of amides is 4. The van der Waals surface area contributed by atoms with E-state index in [-0.39, 0.29) is 25.3 Å². The number of hydrogen-bond donors (Lipinski definition) is 3. The third-order valence-corrected chi connectivity index (χ3v) is 14.6. The molecule has 2 aliphatic heterocycles. The molecule has 3 aromatic heterocycles. The number of carbonyl (C=O) groups is 4. The van der Waals surface area contributed by atoms with Gasteiger partial charge in [0, 0.05) is 25.6 Å². The van der Waals surface area contributed by atoms with Gasteiger partial charge in [-0.25, -0.2) is 23.4 Å². The minimum absolute atomic E-state index is 0.00627. The standard InChI is InChI=1S/C42H45N9O7S2/c1-24-28(23-50(2)48-24)36(52)44-32-16-7-5-3-4-6-12-25-21-42(25,41(55)49-60(56,57)27-18-19-27)47-37(53)33-20-26(22-51(33)40(32)54)58-38-35(43-29-13-8-9-14-30(29)45-38)39-46-31-15-10-11-17-34(31)59-39/h6,8-15,17,23,25-27,32-33H,3-5,7,16,18-22H2,1-2H3,(H,44,52)(H,47,53)(H,49,55)/b12-6-/t25-,26-,32+,33+,42-/m1/s1. The third kappa shape index (κ3) is 7.85. The molecule has 0 unspecified atom stereocenters. The molecule has 9 rings (SSSR count). The van der Waals surface area contributed by atoms with E-state index in [0.717, 1.165) is 23.1 Å². The van der Waals surface area contributed by atoms with Crippen LogP contribution < -0.4 is 20.1 Å². The van der Waals surface area contributed by atoms with Crippen LogP contribution >= 0.6 is 11.3 Å². The smallest absolute Gasteiger partial charge is 0.259 e. The van der Waals surface area contributed by atoms with Crippen molar-refractivity contribution in [2.24, 2.45) is 13.0 Å². The van der Waals surface area contributed by atoms with E-state index in [1.165, 1.54) is 20.9 Å². The maximum Gasteiger partial charge on any atom is 0.259 e. The highest BCUT2D eigenvalue weighted by molar-refractivity contribution is 7.91. The number of benzene rings is 2. The second-order valence-corrected chi connectivity index (χ2v) is 19.2. The minimum Gasteiger partial charge on any atom is -0.471 e. The van der Waals surface area contributed by atoms with Crippen molar-refractivity contribution in [1.29, 1.82) is 0 Å². The fourth-order valence-electron chi connectivity index (χ4n) is 8.24. The quantitative estimate of drug-likeness (QED) is 0.190. The Kier molecular flexibility index (Phi) is 10.4. The maximum absolute atomic E-state index is 14.9. The summed E-state index contributed by atoms with van der Waals surface area (Å²) >= 11 is 1.44. The van der Waals surface area contributed by atoms with E-state index in [1.807, 2.05) is 60.7 Å². The molecular formula is C42H45N9O7S2. The zero-order valence-electron chi connectivity index (χ0n) is 33.2. The van der Waals surface area contributed by atoms with Crippen molar-refractivity contribution in [3.8, 4) is 16.6 Å². The van der Waals surface area contributed by atoms with Crippen molar-refractivity contribution in [2.45, 2.75) is 93.7 Å². The molecule has 3 N–H and O–H groups in total. The van der Waals surface area contributed by atoms with Crippen LogP contribution in [-0.2, 0) is 31.5 Å². The molecule has 3 fully saturated rings. The average molecular weight is 852 g/mol. The normalized spacial score (nSPS) is 25.4. The molecule has 5 atom stereocenters. The van der Waals surface area contributed by atoms with E-state index < -0.39 is 68.5 Å². The summed E-state index contributed by atoms with van der Waals surface area (Å²) < 4.78 is 37.3. The molecule has 0 radical (unpaired) electrons. The van der Waals surface area contributed by atoms with Crippen LogP contribution in [0, 0.1) is 12.8 Å². The molecule has 2 saturated carbocycles. The van der Waals surface area contributed by atoms with E-state index in [1.54, 1.807) is 20.2 Å². The summed E-state index contributed by atoms with van der Waals surface area (Å²) in [6.07, 6.45) is 8.94. The van der Waals surface area contributed by atoms with Crippen LogP contribution in [-0.4, -0.2) is 97.2 Å². The highest BCUT2D eigenvalue weighted by Crippen LogP contribution is 2.46. The Morgan fingerprint density at radius 2 is 1.72 bits per heavy atom. The van der Waals surface area contributed by atoms with Crippen molar-refractivity contribution in [1.82, 2.24) is 45.0 Å². The van der Waals surface area contributed by atoms with Gasteiger partial charge in [-0.2, -0.15) is 5.10 Å². The summed E-state index contributed by atoms with van der Waals surface area (Å²) in [5, 5.41) is 10.1. The Labute approximate surface area is 350 Å². The molecular weight excluding hydrogens is 807 g/mol. The minimum atomic E-state index is -3.92. The zero-order chi connectivity index (χ0) is 41.8. The first-order valence-electron chi connectivity index (χ1n) is 20.3. The predicted octanol–water partition coefficient (Wildman–Crippen LogP) is 4.10. The first-order chi connectivity index (χ1) is 28.9. The van der Waals surface area contributed by atoms with Crippen molar-refractivity contribution in [3.05, 3.63) is 78.1 Å². The van der Waals surface area contributed by atoms with Gasteiger partial charge in [0.15, 0.2) is 5.69 Å². The number of rotatable bonds is 8. The van der Waals surface area contributed by atoms with Crippen LogP contribution in [0.3, 0.4) is 0 Å². The van der Waals surface area contributed by atoms with Gasteiger partial charge in [-0.05, 0) is 69.7 Å². The summed E-state index contributed by atoms with van der Waals surface area (Å²) in [6.45, 7) is 1.66. The summed E-state index contributed by atoms with van der Waals surface area (Å²) in [5.41, 5.74) is 1.72. The number of nitrogens with one attached hydrogen (secondary N) is 3. The third-order valence-electron chi connectivity index (χ3n) is 11.7. The number of para-hydroxylation sites is 3. The lowest BCUT2D eigenvalue weighted by Crippen LogP contribution is -2.58. The second kappa shape index (κ2) is 15.7. The summed E-state index contributed by atoms with van der Waals surface area (Å²) in [6, 6.07) is 12.9. The lowest BCUT2D eigenvalue weighted by Gasteiger charge is -2.30. The van der Waals surface area contributed by atoms with Gasteiger partial charge in [0.2, 0.25) is 27.7 Å². The van der Waals surface area contributed by atoms with Gasteiger partial charge in [0.25, 0.3) is 11.8 Å². The molecule has 16 nitrogen and oxygen atoms in total. The lowest BCUT2D eigenvalue weighted by molar-refractivity contribution is -0.141. The van der Waals surface area contributed by atoms with Crippen LogP contribution in [0.1, 0.15) is 73.8 Å². The van der Waals surface area contributed by atoms with Crippen LogP contribution in [0.15, 0.2) is 66.9 Å². The topological polar surface area (TPSA) is 207 Å². The maximum atomic E-state index is 14.9. The summed E-state index contributed by atoms with van der Waals surface area (Å²) in [4.78, 5) is 73.1. The van der Waals surface area contributed by atoms with E-state index in [4.69, 9.17) is 19.7 Å². The molecule has 0 bridgehead atoms. The summed E-state index contributed by atoms with van der Waals surface area (Å²) in [7, 11) is -2.21. The number of hydrogen-bond acceptors (Lipinski definition) is 12. The van der Waals surface area contributed by atoms with Gasteiger partial charge in [-0.1, -0.05) is 49.3 Å². The number of fused-ring (bicyclic) bond motifs is 4. The van der Waals surface area contributed by atoms with E-state index in [2.05, 4.69) is 20.5 Å². The number of nitrogens with zero attached hydrogens (tertiary/aromatic N) is 6. The van der Waals surface area contributed by atoms with E-state index in [0.29, 0.717) is 65.1 Å². The lowest BCUT2D eigenvalue weighted by atomic mass is 10.0. The Morgan fingerprint density at radius 1 is 0.967 bits per heavy atom.